The average Bonchev–Trinajstić information content (AvgIpc) is 3.46. The Bertz CT molecular complexity index is 1130. The normalized spacial score (nSPS) is 16.0. The number of hydrogen-bond donors (Lipinski definition) is 1. The highest BCUT2D eigenvalue weighted by molar-refractivity contribution is 5.94. The maximum absolute atomic E-state index is 12.9. The van der Waals surface area contributed by atoms with E-state index in [2.05, 4.69) is 51.1 Å². The second kappa shape index (κ2) is 9.27. The Balaban J connectivity index is 1.41. The first-order valence-corrected chi connectivity index (χ1v) is 11.7. The third-order valence-electron chi connectivity index (χ3n) is 6.65. The fraction of sp³-hybridized carbons (Fsp3) is 0.385. The van der Waals surface area contributed by atoms with E-state index in [1.54, 1.807) is 13.2 Å². The van der Waals surface area contributed by atoms with Crippen LogP contribution in [0.25, 0.3) is 11.3 Å². The number of nitrogens with one attached hydrogen (secondary N) is 1. The molecule has 1 saturated heterocycles. The third kappa shape index (κ3) is 4.59. The van der Waals surface area contributed by atoms with Crippen LogP contribution in [-0.4, -0.2) is 60.7 Å². The number of aromatic nitrogens is 2. The smallest absolute Gasteiger partial charge is 0.251 e. The summed E-state index contributed by atoms with van der Waals surface area (Å²) in [6.45, 7) is 5.53. The number of benzene rings is 2. The zero-order valence-corrected chi connectivity index (χ0v) is 19.4. The monoisotopic (exact) mass is 445 g/mol. The van der Waals surface area contributed by atoms with Crippen molar-refractivity contribution in [1.29, 1.82) is 0 Å². The van der Waals surface area contributed by atoms with Gasteiger partial charge in [0.25, 0.3) is 5.91 Å². The van der Waals surface area contributed by atoms with Gasteiger partial charge in [-0.25, -0.2) is 4.98 Å². The van der Waals surface area contributed by atoms with Crippen molar-refractivity contribution in [3.8, 4) is 17.0 Å². The van der Waals surface area contributed by atoms with Crippen LogP contribution in [-0.2, 0) is 19.5 Å². The van der Waals surface area contributed by atoms with Gasteiger partial charge in [-0.1, -0.05) is 12.1 Å². The number of fused-ring (bicyclic) bond motifs is 1. The molecule has 2 aliphatic heterocycles. The standard InChI is InChI=1S/C26H31N5O2/c1-29-11-13-30(14-12-29)24-9-8-19(23-18-31-10-4-7-25(31)28-23)15-21(24)17-27-26(32)20-5-3-6-22(16-20)33-2/h3,5-6,8-9,15-16,18H,4,7,10-14,17H2,1-2H3,(H,27,32). The molecule has 172 valence electrons. The maximum Gasteiger partial charge on any atom is 0.251 e. The van der Waals surface area contributed by atoms with Gasteiger partial charge >= 0.3 is 0 Å². The molecule has 0 unspecified atom stereocenters. The summed E-state index contributed by atoms with van der Waals surface area (Å²) < 4.78 is 7.52. The lowest BCUT2D eigenvalue weighted by molar-refractivity contribution is 0.0950. The number of methoxy groups -OCH3 is 1. The van der Waals surface area contributed by atoms with Crippen LogP contribution in [0.1, 0.15) is 28.2 Å². The molecule has 1 fully saturated rings. The van der Waals surface area contributed by atoms with Crippen LogP contribution in [0.5, 0.6) is 5.75 Å². The van der Waals surface area contributed by atoms with Crippen LogP contribution in [0.3, 0.4) is 0 Å². The van der Waals surface area contributed by atoms with E-state index < -0.39 is 0 Å². The van der Waals surface area contributed by atoms with E-state index in [0.29, 0.717) is 17.9 Å². The highest BCUT2D eigenvalue weighted by atomic mass is 16.5. The summed E-state index contributed by atoms with van der Waals surface area (Å²) in [5.74, 6) is 1.74. The number of hydrogen-bond acceptors (Lipinski definition) is 5. The van der Waals surface area contributed by atoms with Crippen LogP contribution >= 0.6 is 0 Å². The molecule has 0 atom stereocenters. The van der Waals surface area contributed by atoms with E-state index in [4.69, 9.17) is 9.72 Å². The molecule has 5 rings (SSSR count). The van der Waals surface area contributed by atoms with Crippen molar-refractivity contribution in [3.05, 3.63) is 65.6 Å². The van der Waals surface area contributed by atoms with E-state index in [0.717, 1.165) is 56.0 Å². The van der Waals surface area contributed by atoms with Crippen molar-refractivity contribution in [3.63, 3.8) is 0 Å². The molecule has 0 aliphatic carbocycles. The number of piperazine rings is 1. The zero-order valence-electron chi connectivity index (χ0n) is 19.4. The van der Waals surface area contributed by atoms with E-state index in [-0.39, 0.29) is 5.91 Å². The molecule has 2 aliphatic rings. The molecule has 3 heterocycles. The fourth-order valence-corrected chi connectivity index (χ4v) is 4.68. The minimum absolute atomic E-state index is 0.107. The molecule has 2 aromatic carbocycles. The highest BCUT2D eigenvalue weighted by Crippen LogP contribution is 2.29. The quantitative estimate of drug-likeness (QED) is 0.632. The Labute approximate surface area is 195 Å². The molecule has 1 N–H and O–H groups in total. The second-order valence-electron chi connectivity index (χ2n) is 8.89. The molecule has 33 heavy (non-hydrogen) atoms. The number of amides is 1. The topological polar surface area (TPSA) is 62.6 Å². The lowest BCUT2D eigenvalue weighted by atomic mass is 10.0. The van der Waals surface area contributed by atoms with Gasteiger partial charge in [0.05, 0.1) is 12.8 Å². The van der Waals surface area contributed by atoms with Gasteiger partial charge in [-0.05, 0) is 49.4 Å². The molecule has 3 aromatic rings. The molecule has 0 radical (unpaired) electrons. The minimum Gasteiger partial charge on any atom is -0.497 e. The number of anilines is 1. The van der Waals surface area contributed by atoms with Crippen LogP contribution in [0.4, 0.5) is 5.69 Å². The Morgan fingerprint density at radius 2 is 1.94 bits per heavy atom. The van der Waals surface area contributed by atoms with Crippen LogP contribution in [0, 0.1) is 0 Å². The van der Waals surface area contributed by atoms with Crippen molar-refractivity contribution < 1.29 is 9.53 Å². The van der Waals surface area contributed by atoms with E-state index in [1.807, 2.05) is 18.2 Å². The van der Waals surface area contributed by atoms with Gasteiger partial charge in [-0.15, -0.1) is 0 Å². The molecule has 0 saturated carbocycles. The molecule has 7 nitrogen and oxygen atoms in total. The first-order valence-electron chi connectivity index (χ1n) is 11.7. The van der Waals surface area contributed by atoms with Crippen molar-refractivity contribution >= 4 is 11.6 Å². The number of aryl methyl sites for hydroxylation is 2. The van der Waals surface area contributed by atoms with Crippen LogP contribution < -0.4 is 15.0 Å². The number of likely N-dealkylation sites (N-methyl/N-ethyl adjacent to an activating group) is 1. The third-order valence-corrected chi connectivity index (χ3v) is 6.65. The van der Waals surface area contributed by atoms with E-state index >= 15 is 0 Å². The first-order chi connectivity index (χ1) is 16.1. The Morgan fingerprint density at radius 1 is 1.09 bits per heavy atom. The van der Waals surface area contributed by atoms with Gasteiger partial charge in [0.2, 0.25) is 0 Å². The average molecular weight is 446 g/mol. The SMILES string of the molecule is COc1cccc(C(=O)NCc2cc(-c3cn4c(n3)CCC4)ccc2N2CCN(C)CC2)c1. The molecular formula is C26H31N5O2. The summed E-state index contributed by atoms with van der Waals surface area (Å²) >= 11 is 0. The van der Waals surface area contributed by atoms with Gasteiger partial charge in [0.15, 0.2) is 0 Å². The van der Waals surface area contributed by atoms with E-state index in [1.165, 1.54) is 17.9 Å². The van der Waals surface area contributed by atoms with Crippen molar-refractivity contribution in [2.45, 2.75) is 25.9 Å². The van der Waals surface area contributed by atoms with Crippen LogP contribution in [0.2, 0.25) is 0 Å². The molecule has 0 spiro atoms. The summed E-state index contributed by atoms with van der Waals surface area (Å²) in [5.41, 5.74) is 5.00. The minimum atomic E-state index is -0.107. The van der Waals surface area contributed by atoms with Gasteiger partial charge in [0.1, 0.15) is 11.6 Å². The van der Waals surface area contributed by atoms with E-state index in [9.17, 15) is 4.79 Å². The van der Waals surface area contributed by atoms with Crippen molar-refractivity contribution in [1.82, 2.24) is 19.8 Å². The van der Waals surface area contributed by atoms with Gasteiger partial charge in [-0.3, -0.25) is 4.79 Å². The number of rotatable bonds is 6. The lowest BCUT2D eigenvalue weighted by Crippen LogP contribution is -2.45. The Hall–Kier alpha value is -3.32. The highest BCUT2D eigenvalue weighted by Gasteiger charge is 2.20. The number of ether oxygens (including phenoxy) is 1. The first kappa shape index (κ1) is 21.5. The number of nitrogens with zero attached hydrogens (tertiary/aromatic N) is 4. The molecular weight excluding hydrogens is 414 g/mol. The van der Waals surface area contributed by atoms with Crippen molar-refractivity contribution in [2.75, 3.05) is 45.2 Å². The predicted octanol–water partition coefficient (Wildman–Crippen LogP) is 3.19. The molecule has 0 bridgehead atoms. The lowest BCUT2D eigenvalue weighted by Gasteiger charge is -2.35. The number of carbonyl (C=O) groups is 1. The molecule has 1 aromatic heterocycles. The fourth-order valence-electron chi connectivity index (χ4n) is 4.68. The van der Waals surface area contributed by atoms with Gasteiger partial charge in [0, 0.05) is 68.7 Å². The second-order valence-corrected chi connectivity index (χ2v) is 8.89. The summed E-state index contributed by atoms with van der Waals surface area (Å²) in [6, 6.07) is 13.8. The summed E-state index contributed by atoms with van der Waals surface area (Å²) in [6.07, 6.45) is 4.38. The van der Waals surface area contributed by atoms with Crippen molar-refractivity contribution in [2.24, 2.45) is 0 Å². The van der Waals surface area contributed by atoms with Gasteiger partial charge in [-0.2, -0.15) is 0 Å². The predicted molar refractivity (Wildman–Crippen MR) is 130 cm³/mol. The van der Waals surface area contributed by atoms with Gasteiger partial charge < -0.3 is 24.4 Å². The zero-order chi connectivity index (χ0) is 22.8. The molecule has 1 amide bonds. The van der Waals surface area contributed by atoms with Crippen LogP contribution in [0.15, 0.2) is 48.7 Å². The number of carbonyl (C=O) groups excluding carboxylic acids is 1. The summed E-state index contributed by atoms with van der Waals surface area (Å²) in [4.78, 5) is 22.5. The Morgan fingerprint density at radius 3 is 2.73 bits per heavy atom. The Kier molecular flexibility index (Phi) is 6.05. The summed E-state index contributed by atoms with van der Waals surface area (Å²) in [7, 11) is 3.77. The molecule has 7 heteroatoms. The summed E-state index contributed by atoms with van der Waals surface area (Å²) in [5, 5.41) is 3.12. The largest absolute Gasteiger partial charge is 0.497 e. The maximum atomic E-state index is 12.9. The number of imidazole rings is 1.